The topological polar surface area (TPSA) is 54.7 Å². The monoisotopic (exact) mass is 235 g/mol. The first-order valence-electron chi connectivity index (χ1n) is 5.63. The molecule has 1 aromatic heterocycles. The molecule has 4 heteroatoms. The summed E-state index contributed by atoms with van der Waals surface area (Å²) in [7, 11) is 0. The van der Waals surface area contributed by atoms with E-state index in [0.717, 1.165) is 29.7 Å². The molecule has 0 radical (unpaired) electrons. The Kier molecular flexibility index (Phi) is 2.19. The van der Waals surface area contributed by atoms with Gasteiger partial charge in [-0.05, 0) is 25.0 Å². The van der Waals surface area contributed by atoms with Gasteiger partial charge in [-0.15, -0.1) is 0 Å². The van der Waals surface area contributed by atoms with Crippen molar-refractivity contribution in [1.82, 2.24) is 9.97 Å². The molecule has 0 saturated heterocycles. The minimum absolute atomic E-state index is 0.275. The maximum Gasteiger partial charge on any atom is 0.127 e. The molecule has 84 valence electrons. The van der Waals surface area contributed by atoms with Crippen molar-refractivity contribution in [3.63, 3.8) is 0 Å². The van der Waals surface area contributed by atoms with Crippen LogP contribution in [-0.2, 0) is 5.54 Å². The Balaban J connectivity index is 2.15. The zero-order valence-electron chi connectivity index (χ0n) is 8.96. The van der Waals surface area contributed by atoms with Gasteiger partial charge in [0.2, 0.25) is 0 Å². The van der Waals surface area contributed by atoms with E-state index in [-0.39, 0.29) is 5.54 Å². The number of para-hydroxylation sites is 1. The van der Waals surface area contributed by atoms with E-state index in [9.17, 15) is 0 Å². The van der Waals surface area contributed by atoms with E-state index in [4.69, 9.17) is 17.3 Å². The third-order valence-electron chi connectivity index (χ3n) is 3.43. The number of aromatic amines is 1. The second kappa shape index (κ2) is 3.47. The molecule has 0 unspecified atom stereocenters. The second-order valence-corrected chi connectivity index (χ2v) is 4.99. The molecule has 0 atom stereocenters. The first-order valence-corrected chi connectivity index (χ1v) is 6.00. The molecule has 0 spiro atoms. The number of nitrogens with two attached hydrogens (primary N) is 1. The van der Waals surface area contributed by atoms with Gasteiger partial charge in [0.25, 0.3) is 0 Å². The molecule has 16 heavy (non-hydrogen) atoms. The standard InChI is InChI=1S/C12H14ClN3/c13-8-4-3-5-9-10(8)16-11(15-9)12(14)6-1-2-7-12/h3-5H,1-2,6-7,14H2,(H,15,16). The van der Waals surface area contributed by atoms with Gasteiger partial charge < -0.3 is 10.7 Å². The Labute approximate surface area is 99.0 Å². The molecule has 3 nitrogen and oxygen atoms in total. The third-order valence-corrected chi connectivity index (χ3v) is 3.74. The Hall–Kier alpha value is -1.06. The minimum Gasteiger partial charge on any atom is -0.340 e. The number of hydrogen-bond acceptors (Lipinski definition) is 2. The van der Waals surface area contributed by atoms with Crippen molar-refractivity contribution in [2.45, 2.75) is 31.2 Å². The molecule has 1 aromatic carbocycles. The van der Waals surface area contributed by atoms with E-state index >= 15 is 0 Å². The number of halogens is 1. The summed E-state index contributed by atoms with van der Waals surface area (Å²) in [4.78, 5) is 7.85. The van der Waals surface area contributed by atoms with Crippen molar-refractivity contribution in [2.75, 3.05) is 0 Å². The lowest BCUT2D eigenvalue weighted by atomic mass is 9.99. The van der Waals surface area contributed by atoms with Crippen LogP contribution in [-0.4, -0.2) is 9.97 Å². The summed E-state index contributed by atoms with van der Waals surface area (Å²) in [5, 5.41) is 0.682. The normalized spacial score (nSPS) is 19.4. The number of H-pyrrole nitrogens is 1. The summed E-state index contributed by atoms with van der Waals surface area (Å²) in [6.07, 6.45) is 4.37. The number of fused-ring (bicyclic) bond motifs is 1. The van der Waals surface area contributed by atoms with Crippen LogP contribution in [0.3, 0.4) is 0 Å². The molecule has 3 rings (SSSR count). The van der Waals surface area contributed by atoms with Crippen molar-refractivity contribution < 1.29 is 0 Å². The van der Waals surface area contributed by atoms with Gasteiger partial charge in [-0.1, -0.05) is 30.5 Å². The van der Waals surface area contributed by atoms with Gasteiger partial charge in [0, 0.05) is 0 Å². The van der Waals surface area contributed by atoms with Crippen molar-refractivity contribution >= 4 is 22.6 Å². The minimum atomic E-state index is -0.275. The molecule has 0 bridgehead atoms. The number of rotatable bonds is 1. The summed E-state index contributed by atoms with van der Waals surface area (Å²) < 4.78 is 0. The number of benzene rings is 1. The molecule has 0 aliphatic heterocycles. The molecule has 3 N–H and O–H groups in total. The van der Waals surface area contributed by atoms with Gasteiger partial charge in [-0.2, -0.15) is 0 Å². The number of nitrogens with one attached hydrogen (secondary N) is 1. The fraction of sp³-hybridized carbons (Fsp3) is 0.417. The lowest BCUT2D eigenvalue weighted by molar-refractivity contribution is 0.437. The van der Waals surface area contributed by atoms with Crippen LogP contribution in [0, 0.1) is 0 Å². The average molecular weight is 236 g/mol. The molecular formula is C12H14ClN3. The van der Waals surface area contributed by atoms with Crippen LogP contribution in [0.5, 0.6) is 0 Å². The molecule has 1 heterocycles. The smallest absolute Gasteiger partial charge is 0.127 e. The van der Waals surface area contributed by atoms with Gasteiger partial charge in [-0.3, -0.25) is 0 Å². The largest absolute Gasteiger partial charge is 0.340 e. The van der Waals surface area contributed by atoms with Crippen LogP contribution in [0.1, 0.15) is 31.5 Å². The number of aromatic nitrogens is 2. The quantitative estimate of drug-likeness (QED) is 0.799. The number of imidazole rings is 1. The molecular weight excluding hydrogens is 222 g/mol. The Bertz CT molecular complexity index is 526. The van der Waals surface area contributed by atoms with Crippen molar-refractivity contribution in [2.24, 2.45) is 5.73 Å². The number of hydrogen-bond donors (Lipinski definition) is 2. The third kappa shape index (κ3) is 1.43. The van der Waals surface area contributed by atoms with E-state index in [1.54, 1.807) is 0 Å². The highest BCUT2D eigenvalue weighted by Gasteiger charge is 2.34. The zero-order chi connectivity index (χ0) is 11.2. The van der Waals surface area contributed by atoms with Gasteiger partial charge in [-0.25, -0.2) is 4.98 Å². The molecule has 1 fully saturated rings. The predicted octanol–water partition coefficient (Wildman–Crippen LogP) is 2.94. The molecule has 1 saturated carbocycles. The summed E-state index contributed by atoms with van der Waals surface area (Å²) in [6.45, 7) is 0. The lowest BCUT2D eigenvalue weighted by Gasteiger charge is -2.19. The molecule has 0 amide bonds. The van der Waals surface area contributed by atoms with Crippen molar-refractivity contribution in [1.29, 1.82) is 0 Å². The maximum atomic E-state index is 6.36. The van der Waals surface area contributed by atoms with Crippen LogP contribution in [0.2, 0.25) is 5.02 Å². The summed E-state index contributed by atoms with van der Waals surface area (Å²) in [6, 6.07) is 5.76. The van der Waals surface area contributed by atoms with Crippen molar-refractivity contribution in [3.8, 4) is 0 Å². The highest BCUT2D eigenvalue weighted by Crippen LogP contribution is 2.36. The van der Waals surface area contributed by atoms with E-state index in [2.05, 4.69) is 9.97 Å². The van der Waals surface area contributed by atoms with Gasteiger partial charge in [0.05, 0.1) is 16.1 Å². The fourth-order valence-electron chi connectivity index (χ4n) is 2.48. The Morgan fingerprint density at radius 3 is 2.75 bits per heavy atom. The SMILES string of the molecule is NC1(c2nc3c(Cl)cccc3[nH]2)CCCC1. The Morgan fingerprint density at radius 2 is 2.06 bits per heavy atom. The average Bonchev–Trinajstić information content (AvgIpc) is 2.85. The van der Waals surface area contributed by atoms with Gasteiger partial charge in [0.15, 0.2) is 0 Å². The maximum absolute atomic E-state index is 6.36. The summed E-state index contributed by atoms with van der Waals surface area (Å²) in [5.41, 5.74) is 7.88. The Morgan fingerprint density at radius 1 is 1.31 bits per heavy atom. The van der Waals surface area contributed by atoms with Crippen LogP contribution in [0.25, 0.3) is 11.0 Å². The van der Waals surface area contributed by atoms with Crippen LogP contribution >= 0.6 is 11.6 Å². The fourth-order valence-corrected chi connectivity index (χ4v) is 2.69. The van der Waals surface area contributed by atoms with E-state index < -0.39 is 0 Å². The highest BCUT2D eigenvalue weighted by atomic mass is 35.5. The van der Waals surface area contributed by atoms with E-state index in [1.807, 2.05) is 18.2 Å². The van der Waals surface area contributed by atoms with E-state index in [0.29, 0.717) is 5.02 Å². The van der Waals surface area contributed by atoms with Crippen LogP contribution in [0.4, 0.5) is 0 Å². The zero-order valence-corrected chi connectivity index (χ0v) is 9.72. The number of nitrogens with zero attached hydrogens (tertiary/aromatic N) is 1. The molecule has 2 aromatic rings. The molecule has 1 aliphatic carbocycles. The van der Waals surface area contributed by atoms with Gasteiger partial charge in [0.1, 0.15) is 11.3 Å². The van der Waals surface area contributed by atoms with Crippen LogP contribution < -0.4 is 5.73 Å². The molecule has 1 aliphatic rings. The second-order valence-electron chi connectivity index (χ2n) is 4.58. The van der Waals surface area contributed by atoms with Crippen LogP contribution in [0.15, 0.2) is 18.2 Å². The first kappa shape index (κ1) is 10.1. The first-order chi connectivity index (χ1) is 7.69. The lowest BCUT2D eigenvalue weighted by Crippen LogP contribution is -2.34. The van der Waals surface area contributed by atoms with E-state index in [1.165, 1.54) is 12.8 Å². The highest BCUT2D eigenvalue weighted by molar-refractivity contribution is 6.34. The summed E-state index contributed by atoms with van der Waals surface area (Å²) >= 11 is 6.10. The predicted molar refractivity (Wildman–Crippen MR) is 65.4 cm³/mol. The van der Waals surface area contributed by atoms with Gasteiger partial charge >= 0.3 is 0 Å². The summed E-state index contributed by atoms with van der Waals surface area (Å²) in [5.74, 6) is 0.883. The van der Waals surface area contributed by atoms with Crippen molar-refractivity contribution in [3.05, 3.63) is 29.0 Å².